The van der Waals surface area contributed by atoms with Crippen molar-refractivity contribution in [1.82, 2.24) is 10.2 Å². The predicted molar refractivity (Wildman–Crippen MR) is 60.8 cm³/mol. The van der Waals surface area contributed by atoms with E-state index in [4.69, 9.17) is 4.74 Å². The zero-order chi connectivity index (χ0) is 12.4. The number of ether oxygens (including phenoxy) is 1. The molecular formula is C9H19F3N2OS. The molecule has 0 aliphatic carbocycles. The molecule has 0 heterocycles. The van der Waals surface area contributed by atoms with E-state index in [0.717, 1.165) is 6.54 Å². The molecule has 98 valence electrons. The molecule has 0 saturated carbocycles. The first-order valence-electron chi connectivity index (χ1n) is 5.05. The van der Waals surface area contributed by atoms with Gasteiger partial charge in [-0.3, -0.25) is 0 Å². The Kier molecular flexibility index (Phi) is 9.10. The van der Waals surface area contributed by atoms with Crippen LogP contribution in [0.3, 0.4) is 0 Å². The maximum absolute atomic E-state index is 11.7. The van der Waals surface area contributed by atoms with Crippen molar-refractivity contribution >= 4 is 11.8 Å². The van der Waals surface area contributed by atoms with Gasteiger partial charge in [0.25, 0.3) is 0 Å². The quantitative estimate of drug-likeness (QED) is 0.634. The fraction of sp³-hybridized carbons (Fsp3) is 1.00. The Hall–Kier alpha value is 0.0200. The van der Waals surface area contributed by atoms with Gasteiger partial charge in [0.2, 0.25) is 0 Å². The summed E-state index contributed by atoms with van der Waals surface area (Å²) < 4.78 is 40.4. The normalized spacial score (nSPS) is 12.4. The molecule has 0 aromatic carbocycles. The van der Waals surface area contributed by atoms with Crippen LogP contribution in [0.25, 0.3) is 0 Å². The summed E-state index contributed by atoms with van der Waals surface area (Å²) in [7, 11) is 3.91. The third kappa shape index (κ3) is 14.0. The summed E-state index contributed by atoms with van der Waals surface area (Å²) in [6, 6.07) is 0. The van der Waals surface area contributed by atoms with Crippen LogP contribution in [-0.4, -0.2) is 63.1 Å². The molecule has 0 spiro atoms. The Balaban J connectivity index is 3.05. The van der Waals surface area contributed by atoms with Crippen LogP contribution in [0.4, 0.5) is 13.2 Å². The van der Waals surface area contributed by atoms with Crippen molar-refractivity contribution in [3.8, 4) is 0 Å². The minimum Gasteiger partial charge on any atom is -0.379 e. The highest BCUT2D eigenvalue weighted by Crippen LogP contribution is 2.29. The molecule has 0 unspecified atom stereocenters. The van der Waals surface area contributed by atoms with E-state index in [2.05, 4.69) is 5.32 Å². The molecule has 16 heavy (non-hydrogen) atoms. The van der Waals surface area contributed by atoms with Gasteiger partial charge in [0.05, 0.1) is 13.2 Å². The van der Waals surface area contributed by atoms with Gasteiger partial charge >= 0.3 is 5.51 Å². The monoisotopic (exact) mass is 260 g/mol. The molecule has 0 aromatic heterocycles. The van der Waals surface area contributed by atoms with Gasteiger partial charge in [-0.25, -0.2) is 0 Å². The number of nitrogens with one attached hydrogen (secondary N) is 1. The topological polar surface area (TPSA) is 24.5 Å². The van der Waals surface area contributed by atoms with Gasteiger partial charge in [0.1, 0.15) is 0 Å². The summed E-state index contributed by atoms with van der Waals surface area (Å²) in [5.41, 5.74) is -4.12. The van der Waals surface area contributed by atoms with Gasteiger partial charge in [-0.05, 0) is 25.9 Å². The lowest BCUT2D eigenvalue weighted by atomic mass is 10.6. The van der Waals surface area contributed by atoms with Crippen LogP contribution in [0, 0.1) is 0 Å². The molecule has 0 amide bonds. The standard InChI is InChI=1S/C9H19F3N2OS/c1-14(2)5-7-15-6-3-13-4-8-16-9(10,11)12/h13H,3-8H2,1-2H3. The molecule has 0 saturated heterocycles. The molecular weight excluding hydrogens is 241 g/mol. The second-order valence-electron chi connectivity index (χ2n) is 3.46. The third-order valence-electron chi connectivity index (χ3n) is 1.65. The molecule has 0 aliphatic rings. The summed E-state index contributed by atoms with van der Waals surface area (Å²) in [6.45, 7) is 2.97. The fourth-order valence-corrected chi connectivity index (χ4v) is 1.34. The van der Waals surface area contributed by atoms with E-state index in [-0.39, 0.29) is 17.5 Å². The van der Waals surface area contributed by atoms with Crippen molar-refractivity contribution in [2.75, 3.05) is 52.7 Å². The summed E-state index contributed by atoms with van der Waals surface area (Å²) >= 11 is -0.00420. The number of rotatable bonds is 9. The number of nitrogens with zero attached hydrogens (tertiary/aromatic N) is 1. The second-order valence-corrected chi connectivity index (χ2v) is 4.62. The van der Waals surface area contributed by atoms with Crippen molar-refractivity contribution < 1.29 is 17.9 Å². The van der Waals surface area contributed by atoms with Crippen LogP contribution >= 0.6 is 11.8 Å². The first-order chi connectivity index (χ1) is 7.42. The Labute approximate surface area is 98.7 Å². The molecule has 0 aliphatic heterocycles. The number of hydrogen-bond donors (Lipinski definition) is 1. The van der Waals surface area contributed by atoms with E-state index in [1.165, 1.54) is 0 Å². The lowest BCUT2D eigenvalue weighted by molar-refractivity contribution is -0.0327. The second kappa shape index (κ2) is 9.09. The van der Waals surface area contributed by atoms with Crippen LogP contribution < -0.4 is 5.32 Å². The molecule has 0 radical (unpaired) electrons. The first-order valence-corrected chi connectivity index (χ1v) is 6.04. The average Bonchev–Trinajstić information content (AvgIpc) is 2.13. The minimum atomic E-state index is -4.12. The van der Waals surface area contributed by atoms with Crippen molar-refractivity contribution in [1.29, 1.82) is 0 Å². The lowest BCUT2D eigenvalue weighted by Gasteiger charge is -2.10. The third-order valence-corrected chi connectivity index (χ3v) is 2.39. The number of alkyl halides is 3. The summed E-state index contributed by atoms with van der Waals surface area (Å²) in [5, 5.41) is 2.89. The molecule has 0 rings (SSSR count). The van der Waals surface area contributed by atoms with Crippen molar-refractivity contribution in [2.24, 2.45) is 0 Å². The largest absolute Gasteiger partial charge is 0.441 e. The van der Waals surface area contributed by atoms with Gasteiger partial charge in [-0.15, -0.1) is 0 Å². The summed E-state index contributed by atoms with van der Waals surface area (Å²) in [4.78, 5) is 2.01. The SMILES string of the molecule is CN(C)CCOCCNCCSC(F)(F)F. The molecule has 0 aromatic rings. The first kappa shape index (κ1) is 16.0. The zero-order valence-electron chi connectivity index (χ0n) is 9.64. The van der Waals surface area contributed by atoms with Gasteiger partial charge in [0, 0.05) is 25.4 Å². The fourth-order valence-electron chi connectivity index (χ4n) is 0.857. The van der Waals surface area contributed by atoms with Crippen LogP contribution in [-0.2, 0) is 4.74 Å². The molecule has 0 atom stereocenters. The highest BCUT2D eigenvalue weighted by Gasteiger charge is 2.27. The highest BCUT2D eigenvalue weighted by atomic mass is 32.2. The summed E-state index contributed by atoms with van der Waals surface area (Å²) in [6.07, 6.45) is 0. The van der Waals surface area contributed by atoms with Crippen LogP contribution in [0.1, 0.15) is 0 Å². The number of thioether (sulfide) groups is 1. The van der Waals surface area contributed by atoms with E-state index >= 15 is 0 Å². The van der Waals surface area contributed by atoms with Gasteiger partial charge in [0.15, 0.2) is 0 Å². The predicted octanol–water partition coefficient (Wildman–Crippen LogP) is 1.41. The Bertz CT molecular complexity index is 167. The molecule has 1 N–H and O–H groups in total. The minimum absolute atomic E-state index is 0.00420. The van der Waals surface area contributed by atoms with Crippen LogP contribution in [0.15, 0.2) is 0 Å². The zero-order valence-corrected chi connectivity index (χ0v) is 10.5. The maximum Gasteiger partial charge on any atom is 0.441 e. The van der Waals surface area contributed by atoms with Crippen LogP contribution in [0.2, 0.25) is 0 Å². The van der Waals surface area contributed by atoms with Crippen molar-refractivity contribution in [3.63, 3.8) is 0 Å². The van der Waals surface area contributed by atoms with Crippen LogP contribution in [0.5, 0.6) is 0 Å². The van der Waals surface area contributed by atoms with E-state index < -0.39 is 5.51 Å². The Morgan fingerprint density at radius 2 is 1.88 bits per heavy atom. The molecule has 0 bridgehead atoms. The van der Waals surface area contributed by atoms with Crippen molar-refractivity contribution in [3.05, 3.63) is 0 Å². The van der Waals surface area contributed by atoms with Gasteiger partial charge < -0.3 is 15.0 Å². The van der Waals surface area contributed by atoms with E-state index in [9.17, 15) is 13.2 Å². The Morgan fingerprint density at radius 3 is 2.44 bits per heavy atom. The number of hydrogen-bond acceptors (Lipinski definition) is 4. The smallest absolute Gasteiger partial charge is 0.379 e. The lowest BCUT2D eigenvalue weighted by Crippen LogP contribution is -2.25. The van der Waals surface area contributed by atoms with Crippen molar-refractivity contribution in [2.45, 2.75) is 5.51 Å². The molecule has 3 nitrogen and oxygen atoms in total. The average molecular weight is 260 g/mol. The summed E-state index contributed by atoms with van der Waals surface area (Å²) in [5.74, 6) is 0.0429. The number of halogens is 3. The maximum atomic E-state index is 11.7. The number of likely N-dealkylation sites (N-methyl/N-ethyl adjacent to an activating group) is 1. The molecule has 7 heteroatoms. The van der Waals surface area contributed by atoms with Gasteiger partial charge in [-0.2, -0.15) is 13.2 Å². The molecule has 0 fully saturated rings. The van der Waals surface area contributed by atoms with Gasteiger partial charge in [-0.1, -0.05) is 0 Å². The Morgan fingerprint density at radius 1 is 1.19 bits per heavy atom. The van der Waals surface area contributed by atoms with E-state index in [0.29, 0.717) is 26.3 Å². The van der Waals surface area contributed by atoms with E-state index in [1.807, 2.05) is 19.0 Å². The van der Waals surface area contributed by atoms with E-state index in [1.54, 1.807) is 0 Å². The highest BCUT2D eigenvalue weighted by molar-refractivity contribution is 8.00.